The molecule has 1 aliphatic rings. The Morgan fingerprint density at radius 3 is 2.56 bits per heavy atom. The Morgan fingerprint density at radius 1 is 1.09 bits per heavy atom. The van der Waals surface area contributed by atoms with Crippen LogP contribution in [-0.2, 0) is 6.54 Å². The van der Waals surface area contributed by atoms with Gasteiger partial charge in [0.1, 0.15) is 16.8 Å². The number of pyridine rings is 2. The monoisotopic (exact) mass is 455 g/mol. The van der Waals surface area contributed by atoms with Gasteiger partial charge < -0.3 is 9.88 Å². The molecule has 4 aromatic rings. The smallest absolute Gasteiger partial charge is 0.267 e. The average Bonchev–Trinajstić information content (AvgIpc) is 2.83. The van der Waals surface area contributed by atoms with Crippen LogP contribution in [0.15, 0.2) is 53.5 Å². The fraction of sp³-hybridized carbons (Fsp3) is 0.333. The zero-order chi connectivity index (χ0) is 23.8. The number of fused-ring (bicyclic) bond motifs is 2. The summed E-state index contributed by atoms with van der Waals surface area (Å²) in [7, 11) is 0. The summed E-state index contributed by atoms with van der Waals surface area (Å²) in [4.78, 5) is 31.6. The molecule has 7 nitrogen and oxygen atoms in total. The Labute approximate surface area is 197 Å². The predicted octanol–water partition coefficient (Wildman–Crippen LogP) is 3.86. The Morgan fingerprint density at radius 2 is 1.82 bits per heavy atom. The Hall–Kier alpha value is -3.74. The highest BCUT2D eigenvalue weighted by atomic mass is 16.2. The minimum atomic E-state index is -0.301. The lowest BCUT2D eigenvalue weighted by Crippen LogP contribution is -2.40. The molecule has 1 fully saturated rings. The topological polar surface area (TPSA) is 92.2 Å². The van der Waals surface area contributed by atoms with Crippen LogP contribution in [0.1, 0.15) is 59.2 Å². The highest BCUT2D eigenvalue weighted by Gasteiger charge is 2.21. The van der Waals surface area contributed by atoms with Gasteiger partial charge in [-0.25, -0.2) is 4.98 Å². The van der Waals surface area contributed by atoms with Crippen molar-refractivity contribution in [3.05, 3.63) is 86.8 Å². The molecule has 0 bridgehead atoms. The number of aryl methyl sites for hydroxylation is 2. The van der Waals surface area contributed by atoms with Gasteiger partial charge in [0, 0.05) is 12.2 Å². The van der Waals surface area contributed by atoms with Gasteiger partial charge in [-0.15, -0.1) is 0 Å². The van der Waals surface area contributed by atoms with Crippen molar-refractivity contribution in [3.8, 4) is 0 Å². The first-order chi connectivity index (χ1) is 16.4. The highest BCUT2D eigenvalue weighted by molar-refractivity contribution is 5.97. The number of benzene rings is 1. The van der Waals surface area contributed by atoms with Crippen LogP contribution in [0.25, 0.3) is 16.7 Å². The molecule has 1 aliphatic carbocycles. The van der Waals surface area contributed by atoms with Gasteiger partial charge in [0.2, 0.25) is 0 Å². The number of hydrogen-bond acceptors (Lipinski definition) is 4. The van der Waals surface area contributed by atoms with E-state index in [0.717, 1.165) is 42.4 Å². The van der Waals surface area contributed by atoms with Gasteiger partial charge in [0.05, 0.1) is 17.5 Å². The summed E-state index contributed by atoms with van der Waals surface area (Å²) in [6.07, 6.45) is 6.98. The molecule has 34 heavy (non-hydrogen) atoms. The number of carbonyl (C=O) groups excluding carboxylic acids is 1. The molecule has 0 saturated heterocycles. The standard InChI is InChI=1S/C27H29N5O2/c1-17-10-12-19(13-11-17)16-32-23(28)21(26(33)29-20-8-4-3-5-9-20)15-22-25(32)30-24-18(2)7-6-14-31(24)27(22)34/h6-7,10-15,20,28H,3-5,8-9,16H2,1-2H3,(H,29,33). The summed E-state index contributed by atoms with van der Waals surface area (Å²) < 4.78 is 3.20. The quantitative estimate of drug-likeness (QED) is 0.458. The number of amides is 1. The van der Waals surface area contributed by atoms with E-state index in [1.165, 1.54) is 10.8 Å². The zero-order valence-electron chi connectivity index (χ0n) is 19.6. The molecule has 0 atom stereocenters. The fourth-order valence-electron chi connectivity index (χ4n) is 4.81. The third-order valence-corrected chi connectivity index (χ3v) is 6.78. The van der Waals surface area contributed by atoms with E-state index in [0.29, 0.717) is 23.2 Å². The van der Waals surface area contributed by atoms with Crippen LogP contribution < -0.4 is 16.4 Å². The Kier molecular flexibility index (Phi) is 5.77. The molecular weight excluding hydrogens is 426 g/mol. The first-order valence-corrected chi connectivity index (χ1v) is 11.9. The van der Waals surface area contributed by atoms with Gasteiger partial charge in [-0.1, -0.05) is 55.2 Å². The molecule has 0 spiro atoms. The second kappa shape index (κ2) is 8.89. The molecule has 7 heteroatoms. The minimum Gasteiger partial charge on any atom is -0.349 e. The number of rotatable bonds is 4. The number of hydrogen-bond donors (Lipinski definition) is 2. The average molecular weight is 456 g/mol. The third kappa shape index (κ3) is 4.02. The molecule has 3 heterocycles. The van der Waals surface area contributed by atoms with Crippen LogP contribution in [0, 0.1) is 19.3 Å². The lowest BCUT2D eigenvalue weighted by Gasteiger charge is -2.23. The van der Waals surface area contributed by atoms with E-state index >= 15 is 0 Å². The second-order valence-corrected chi connectivity index (χ2v) is 9.33. The second-order valence-electron chi connectivity index (χ2n) is 9.33. The van der Waals surface area contributed by atoms with E-state index < -0.39 is 0 Å². The first-order valence-electron chi connectivity index (χ1n) is 11.9. The molecule has 1 amide bonds. The van der Waals surface area contributed by atoms with Crippen molar-refractivity contribution in [2.45, 2.75) is 58.5 Å². The summed E-state index contributed by atoms with van der Waals surface area (Å²) in [5, 5.41) is 12.4. The molecule has 1 saturated carbocycles. The normalized spacial score (nSPS) is 14.5. The molecule has 1 aromatic carbocycles. The van der Waals surface area contributed by atoms with Crippen LogP contribution in [0.4, 0.5) is 0 Å². The number of aromatic nitrogens is 3. The molecule has 2 N–H and O–H groups in total. The van der Waals surface area contributed by atoms with Crippen molar-refractivity contribution in [2.75, 3.05) is 0 Å². The molecule has 174 valence electrons. The van der Waals surface area contributed by atoms with Crippen LogP contribution in [0.5, 0.6) is 0 Å². The van der Waals surface area contributed by atoms with Crippen molar-refractivity contribution in [1.82, 2.24) is 19.3 Å². The maximum absolute atomic E-state index is 13.5. The van der Waals surface area contributed by atoms with Gasteiger partial charge in [-0.05, 0) is 49.9 Å². The van der Waals surface area contributed by atoms with Crippen LogP contribution >= 0.6 is 0 Å². The van der Waals surface area contributed by atoms with E-state index in [4.69, 9.17) is 10.4 Å². The van der Waals surface area contributed by atoms with E-state index in [1.54, 1.807) is 16.8 Å². The summed E-state index contributed by atoms with van der Waals surface area (Å²) in [6.45, 7) is 4.27. The van der Waals surface area contributed by atoms with Crippen molar-refractivity contribution >= 4 is 22.6 Å². The van der Waals surface area contributed by atoms with Gasteiger partial charge in [-0.3, -0.25) is 19.4 Å². The van der Waals surface area contributed by atoms with Crippen molar-refractivity contribution in [1.29, 1.82) is 5.41 Å². The first kappa shape index (κ1) is 22.1. The maximum Gasteiger partial charge on any atom is 0.267 e. The molecule has 5 rings (SSSR count). The van der Waals surface area contributed by atoms with E-state index in [9.17, 15) is 9.59 Å². The number of nitrogens with zero attached hydrogens (tertiary/aromatic N) is 3. The van der Waals surface area contributed by atoms with Gasteiger partial charge >= 0.3 is 0 Å². The van der Waals surface area contributed by atoms with Crippen molar-refractivity contribution in [2.24, 2.45) is 0 Å². The van der Waals surface area contributed by atoms with Crippen LogP contribution in [0.3, 0.4) is 0 Å². The largest absolute Gasteiger partial charge is 0.349 e. The predicted molar refractivity (Wildman–Crippen MR) is 132 cm³/mol. The van der Waals surface area contributed by atoms with E-state index in [2.05, 4.69) is 5.32 Å². The molecule has 0 aliphatic heterocycles. The van der Waals surface area contributed by atoms with Gasteiger partial charge in [-0.2, -0.15) is 0 Å². The van der Waals surface area contributed by atoms with Gasteiger partial charge in [0.15, 0.2) is 0 Å². The van der Waals surface area contributed by atoms with Gasteiger partial charge in [0.25, 0.3) is 11.5 Å². The third-order valence-electron chi connectivity index (χ3n) is 6.78. The van der Waals surface area contributed by atoms with E-state index in [-0.39, 0.29) is 28.6 Å². The van der Waals surface area contributed by atoms with Crippen LogP contribution in [0.2, 0.25) is 0 Å². The fourth-order valence-corrected chi connectivity index (χ4v) is 4.81. The number of nitrogens with one attached hydrogen (secondary N) is 2. The zero-order valence-corrected chi connectivity index (χ0v) is 19.6. The molecule has 0 radical (unpaired) electrons. The molecule has 0 unspecified atom stereocenters. The summed E-state index contributed by atoms with van der Waals surface area (Å²) in [5.41, 5.74) is 3.98. The molecule has 3 aromatic heterocycles. The minimum absolute atomic E-state index is 0.0613. The Bertz CT molecular complexity index is 1510. The van der Waals surface area contributed by atoms with Crippen molar-refractivity contribution < 1.29 is 4.79 Å². The van der Waals surface area contributed by atoms with E-state index in [1.807, 2.05) is 50.2 Å². The maximum atomic E-state index is 13.5. The lowest BCUT2D eigenvalue weighted by molar-refractivity contribution is 0.0925. The van der Waals surface area contributed by atoms with Crippen LogP contribution in [-0.4, -0.2) is 25.9 Å². The Balaban J connectivity index is 1.72. The summed E-state index contributed by atoms with van der Waals surface area (Å²) >= 11 is 0. The lowest BCUT2D eigenvalue weighted by atomic mass is 9.95. The highest BCUT2D eigenvalue weighted by Crippen LogP contribution is 2.19. The molecular formula is C27H29N5O2. The van der Waals surface area contributed by atoms with Crippen molar-refractivity contribution in [3.63, 3.8) is 0 Å². The summed E-state index contributed by atoms with van der Waals surface area (Å²) in [5.74, 6) is -0.301. The summed E-state index contributed by atoms with van der Waals surface area (Å²) in [6, 6.07) is 13.4. The number of carbonyl (C=O) groups is 1. The SMILES string of the molecule is Cc1ccc(Cn2c(=N)c(C(=O)NC3CCCCC3)cc3c(=O)n4cccc(C)c4nc32)cc1.